The highest BCUT2D eigenvalue weighted by atomic mass is 19.4. The van der Waals surface area contributed by atoms with Crippen LogP contribution in [0.25, 0.3) is 0 Å². The first-order chi connectivity index (χ1) is 19.0. The Morgan fingerprint density at radius 3 is 2.38 bits per heavy atom. The smallest absolute Gasteiger partial charge is 0.423 e. The number of pyridine rings is 1. The molecule has 0 atom stereocenters. The third-order valence-corrected chi connectivity index (χ3v) is 6.96. The number of nitro groups is 1. The van der Waals surface area contributed by atoms with Crippen LogP contribution in [0, 0.1) is 23.0 Å². The Morgan fingerprint density at radius 1 is 1.10 bits per heavy atom. The molecule has 0 unspecified atom stereocenters. The SMILES string of the molecule is CCCOC(=O)N1CCN(c2ccnc(OC3CCC(C)CC3)c2)CC1.Cc1ccc([N+](=O)[O-])c(C(F)(F)F)c1. The van der Waals surface area contributed by atoms with Gasteiger partial charge in [-0.05, 0) is 57.1 Å². The number of nitrogens with zero attached hydrogens (tertiary/aromatic N) is 4. The van der Waals surface area contributed by atoms with Crippen molar-refractivity contribution in [2.45, 2.75) is 65.2 Å². The van der Waals surface area contributed by atoms with Gasteiger partial charge in [0.15, 0.2) is 0 Å². The first-order valence-electron chi connectivity index (χ1n) is 13.6. The first kappa shape index (κ1) is 31.0. The quantitative estimate of drug-likeness (QED) is 0.286. The summed E-state index contributed by atoms with van der Waals surface area (Å²) in [6.45, 7) is 9.21. The fourth-order valence-corrected chi connectivity index (χ4v) is 4.64. The molecule has 1 aromatic carbocycles. The van der Waals surface area contributed by atoms with Crippen LogP contribution >= 0.6 is 0 Å². The molecule has 2 heterocycles. The minimum absolute atomic E-state index is 0.197. The molecule has 1 aromatic heterocycles. The molecule has 0 bridgehead atoms. The normalized spacial score (nSPS) is 19.4. The van der Waals surface area contributed by atoms with Gasteiger partial charge in [0, 0.05) is 50.2 Å². The monoisotopic (exact) mass is 566 g/mol. The van der Waals surface area contributed by atoms with Gasteiger partial charge in [-0.15, -0.1) is 0 Å². The van der Waals surface area contributed by atoms with Crippen LogP contribution in [-0.2, 0) is 10.9 Å². The van der Waals surface area contributed by atoms with Crippen LogP contribution < -0.4 is 9.64 Å². The molecule has 1 saturated carbocycles. The van der Waals surface area contributed by atoms with Gasteiger partial charge in [0.2, 0.25) is 5.88 Å². The topological polar surface area (TPSA) is 98.0 Å². The number of aryl methyl sites for hydroxylation is 1. The van der Waals surface area contributed by atoms with Crippen molar-refractivity contribution in [3.63, 3.8) is 0 Å². The fourth-order valence-electron chi connectivity index (χ4n) is 4.64. The van der Waals surface area contributed by atoms with Crippen molar-refractivity contribution >= 4 is 17.5 Å². The largest absolute Gasteiger partial charge is 0.474 e. The Labute approximate surface area is 232 Å². The van der Waals surface area contributed by atoms with Gasteiger partial charge in [-0.3, -0.25) is 10.1 Å². The summed E-state index contributed by atoms with van der Waals surface area (Å²) in [5.74, 6) is 1.53. The molecule has 2 aliphatic rings. The lowest BCUT2D eigenvalue weighted by atomic mass is 9.89. The van der Waals surface area contributed by atoms with Gasteiger partial charge >= 0.3 is 12.3 Å². The zero-order valence-electron chi connectivity index (χ0n) is 23.2. The highest BCUT2D eigenvalue weighted by molar-refractivity contribution is 5.68. The van der Waals surface area contributed by atoms with E-state index in [1.54, 1.807) is 4.90 Å². The van der Waals surface area contributed by atoms with E-state index in [1.807, 2.05) is 25.3 Å². The maximum absolute atomic E-state index is 12.3. The van der Waals surface area contributed by atoms with Crippen LogP contribution in [0.15, 0.2) is 36.5 Å². The number of aromatic nitrogens is 1. The van der Waals surface area contributed by atoms with Crippen LogP contribution in [0.5, 0.6) is 5.88 Å². The van der Waals surface area contributed by atoms with Crippen molar-refractivity contribution in [2.24, 2.45) is 5.92 Å². The average Bonchev–Trinajstić information content (AvgIpc) is 2.93. The van der Waals surface area contributed by atoms with Gasteiger partial charge in [-0.2, -0.15) is 13.2 Å². The number of hydrogen-bond donors (Lipinski definition) is 0. The molecule has 0 N–H and O–H groups in total. The number of rotatable bonds is 6. The van der Waals surface area contributed by atoms with E-state index in [2.05, 4.69) is 16.8 Å². The summed E-state index contributed by atoms with van der Waals surface area (Å²) in [5, 5.41) is 10.3. The molecule has 0 radical (unpaired) electrons. The van der Waals surface area contributed by atoms with E-state index >= 15 is 0 Å². The number of anilines is 1. The summed E-state index contributed by atoms with van der Waals surface area (Å²) in [6.07, 6.45) is 2.78. The van der Waals surface area contributed by atoms with Gasteiger partial charge in [-0.1, -0.05) is 25.5 Å². The van der Waals surface area contributed by atoms with E-state index in [9.17, 15) is 28.1 Å². The number of alkyl halides is 3. The number of halogens is 3. The van der Waals surface area contributed by atoms with Crippen molar-refractivity contribution < 1.29 is 32.4 Å². The van der Waals surface area contributed by atoms with E-state index in [0.717, 1.165) is 56.1 Å². The number of ether oxygens (including phenoxy) is 2. The summed E-state index contributed by atoms with van der Waals surface area (Å²) < 4.78 is 48.2. The second-order valence-corrected chi connectivity index (χ2v) is 10.2. The van der Waals surface area contributed by atoms with Crippen LogP contribution in [0.1, 0.15) is 57.1 Å². The molecule has 0 spiro atoms. The zero-order valence-corrected chi connectivity index (χ0v) is 23.2. The Hall–Kier alpha value is -3.57. The molecule has 2 fully saturated rings. The standard InChI is InChI=1S/C20H31N3O3.C8H6F3NO2/c1-3-14-25-20(24)23-12-10-22(11-13-23)17-8-9-21-19(15-17)26-18-6-4-16(2)5-7-18;1-5-2-3-7(12(13)14)6(4-5)8(9,10)11/h8-9,15-16,18H,3-7,10-14H2,1-2H3;2-4H,1H3. The van der Waals surface area contributed by atoms with E-state index in [1.165, 1.54) is 25.8 Å². The molecule has 12 heteroatoms. The van der Waals surface area contributed by atoms with E-state index in [-0.39, 0.29) is 6.09 Å². The Balaban J connectivity index is 0.000000267. The van der Waals surface area contributed by atoms with Gasteiger partial charge in [-0.25, -0.2) is 9.78 Å². The summed E-state index contributed by atoms with van der Waals surface area (Å²) in [7, 11) is 0. The van der Waals surface area contributed by atoms with Crippen molar-refractivity contribution in [1.29, 1.82) is 0 Å². The number of piperazine rings is 1. The predicted molar refractivity (Wildman–Crippen MR) is 145 cm³/mol. The van der Waals surface area contributed by atoms with Crippen LogP contribution in [0.4, 0.5) is 29.3 Å². The molecule has 40 heavy (non-hydrogen) atoms. The molecule has 1 saturated heterocycles. The summed E-state index contributed by atoms with van der Waals surface area (Å²) in [6, 6.07) is 6.94. The zero-order chi connectivity index (χ0) is 29.3. The molecular formula is C28H37F3N4O5. The Kier molecular flexibility index (Phi) is 11.0. The van der Waals surface area contributed by atoms with Gasteiger partial charge < -0.3 is 19.3 Å². The molecule has 220 valence electrons. The Bertz CT molecular complexity index is 1130. The molecule has 1 amide bonds. The third kappa shape index (κ3) is 8.99. The molecule has 2 aromatic rings. The van der Waals surface area contributed by atoms with Crippen LogP contribution in [0.2, 0.25) is 0 Å². The number of hydrogen-bond acceptors (Lipinski definition) is 7. The second kappa shape index (κ2) is 14.2. The molecule has 1 aliphatic carbocycles. The molecule has 1 aliphatic heterocycles. The van der Waals surface area contributed by atoms with Crippen LogP contribution in [-0.4, -0.2) is 59.8 Å². The number of carbonyl (C=O) groups excluding carboxylic acids is 1. The van der Waals surface area contributed by atoms with E-state index in [0.29, 0.717) is 37.2 Å². The van der Waals surface area contributed by atoms with Crippen LogP contribution in [0.3, 0.4) is 0 Å². The van der Waals surface area contributed by atoms with Gasteiger partial charge in [0.25, 0.3) is 5.69 Å². The average molecular weight is 567 g/mol. The second-order valence-electron chi connectivity index (χ2n) is 10.2. The maximum Gasteiger partial charge on any atom is 0.423 e. The number of benzene rings is 1. The summed E-state index contributed by atoms with van der Waals surface area (Å²) in [4.78, 5) is 29.7. The number of carbonyl (C=O) groups is 1. The predicted octanol–water partition coefficient (Wildman–Crippen LogP) is 6.63. The number of amides is 1. The molecule has 4 rings (SSSR count). The van der Waals surface area contributed by atoms with Crippen molar-refractivity contribution in [3.05, 3.63) is 57.8 Å². The van der Waals surface area contributed by atoms with Gasteiger partial charge in [0.05, 0.1) is 11.5 Å². The summed E-state index contributed by atoms with van der Waals surface area (Å²) >= 11 is 0. The first-order valence-corrected chi connectivity index (χ1v) is 13.6. The minimum Gasteiger partial charge on any atom is -0.474 e. The van der Waals surface area contributed by atoms with E-state index in [4.69, 9.17) is 9.47 Å². The van der Waals surface area contributed by atoms with Gasteiger partial charge in [0.1, 0.15) is 11.7 Å². The highest BCUT2D eigenvalue weighted by Gasteiger charge is 2.38. The lowest BCUT2D eigenvalue weighted by Gasteiger charge is -2.35. The lowest BCUT2D eigenvalue weighted by Crippen LogP contribution is -2.49. The lowest BCUT2D eigenvalue weighted by molar-refractivity contribution is -0.388. The Morgan fingerprint density at radius 2 is 1.77 bits per heavy atom. The minimum atomic E-state index is -4.69. The fraction of sp³-hybridized carbons (Fsp3) is 0.571. The van der Waals surface area contributed by atoms with Crippen molar-refractivity contribution in [2.75, 3.05) is 37.7 Å². The van der Waals surface area contributed by atoms with E-state index < -0.39 is 22.4 Å². The summed E-state index contributed by atoms with van der Waals surface area (Å²) in [5.41, 5.74) is -0.672. The van der Waals surface area contributed by atoms with Crippen molar-refractivity contribution in [1.82, 2.24) is 9.88 Å². The van der Waals surface area contributed by atoms with Crippen molar-refractivity contribution in [3.8, 4) is 5.88 Å². The number of nitro benzene ring substituents is 1. The molecule has 9 nitrogen and oxygen atoms in total. The molecular weight excluding hydrogens is 529 g/mol. The maximum atomic E-state index is 12.3. The highest BCUT2D eigenvalue weighted by Crippen LogP contribution is 2.36. The third-order valence-electron chi connectivity index (χ3n) is 6.96.